The Morgan fingerprint density at radius 3 is 3.08 bits per heavy atom. The average Bonchev–Trinajstić information content (AvgIpc) is 2.04. The van der Waals surface area contributed by atoms with Gasteiger partial charge in [-0.15, -0.1) is 0 Å². The average molecular weight is 183 g/mol. The van der Waals surface area contributed by atoms with Gasteiger partial charge >= 0.3 is 0 Å². The van der Waals surface area contributed by atoms with Crippen molar-refractivity contribution < 1.29 is 4.84 Å². The standard InChI is InChI=1S/C8H7ClN2O/c9-6-3-1-2-5-4-12-11-8(10)7(5)6/h1-3H,4H2,(H2,10,11). The molecule has 1 heterocycles. The van der Waals surface area contributed by atoms with E-state index in [0.29, 0.717) is 17.5 Å². The van der Waals surface area contributed by atoms with E-state index in [1.54, 1.807) is 6.07 Å². The van der Waals surface area contributed by atoms with Crippen LogP contribution in [0.2, 0.25) is 5.02 Å². The molecule has 0 saturated heterocycles. The van der Waals surface area contributed by atoms with E-state index in [2.05, 4.69) is 5.16 Å². The molecule has 1 aliphatic rings. The monoisotopic (exact) mass is 182 g/mol. The molecular weight excluding hydrogens is 176 g/mol. The van der Waals surface area contributed by atoms with Gasteiger partial charge in [0.1, 0.15) is 6.61 Å². The molecule has 0 bridgehead atoms. The van der Waals surface area contributed by atoms with Crippen molar-refractivity contribution in [1.82, 2.24) is 0 Å². The third kappa shape index (κ3) is 1.02. The second-order valence-electron chi connectivity index (χ2n) is 2.52. The fourth-order valence-corrected chi connectivity index (χ4v) is 1.48. The van der Waals surface area contributed by atoms with Crippen LogP contribution in [0.3, 0.4) is 0 Å². The number of oxime groups is 1. The van der Waals surface area contributed by atoms with Gasteiger partial charge in [-0.3, -0.25) is 0 Å². The number of nitrogens with two attached hydrogens (primary N) is 1. The van der Waals surface area contributed by atoms with Crippen LogP contribution in [0, 0.1) is 0 Å². The maximum Gasteiger partial charge on any atom is 0.172 e. The van der Waals surface area contributed by atoms with Gasteiger partial charge < -0.3 is 10.6 Å². The minimum Gasteiger partial charge on any atom is -0.389 e. The van der Waals surface area contributed by atoms with Gasteiger partial charge in [0, 0.05) is 11.1 Å². The molecule has 3 nitrogen and oxygen atoms in total. The van der Waals surface area contributed by atoms with E-state index in [-0.39, 0.29) is 0 Å². The molecule has 0 amide bonds. The van der Waals surface area contributed by atoms with Crippen LogP contribution in [-0.2, 0) is 11.4 Å². The number of fused-ring (bicyclic) bond motifs is 1. The molecule has 2 rings (SSSR count). The molecule has 0 fully saturated rings. The Morgan fingerprint density at radius 2 is 2.33 bits per heavy atom. The van der Waals surface area contributed by atoms with Gasteiger partial charge in [0.2, 0.25) is 0 Å². The predicted octanol–water partition coefficient (Wildman–Crippen LogP) is 1.49. The first-order valence-corrected chi connectivity index (χ1v) is 3.90. The number of nitrogens with zero attached hydrogens (tertiary/aromatic N) is 1. The van der Waals surface area contributed by atoms with Gasteiger partial charge in [0.15, 0.2) is 5.84 Å². The lowest BCUT2D eigenvalue weighted by atomic mass is 10.1. The summed E-state index contributed by atoms with van der Waals surface area (Å²) in [6, 6.07) is 5.57. The molecule has 0 atom stereocenters. The minimum absolute atomic E-state index is 0.349. The van der Waals surface area contributed by atoms with E-state index in [0.717, 1.165) is 11.1 Å². The fraction of sp³-hybridized carbons (Fsp3) is 0.125. The molecule has 12 heavy (non-hydrogen) atoms. The number of hydrogen-bond acceptors (Lipinski definition) is 3. The van der Waals surface area contributed by atoms with Crippen molar-refractivity contribution in [3.63, 3.8) is 0 Å². The zero-order chi connectivity index (χ0) is 8.55. The molecule has 1 aromatic rings. The lowest BCUT2D eigenvalue weighted by molar-refractivity contribution is 0.125. The van der Waals surface area contributed by atoms with Crippen LogP contribution in [0.4, 0.5) is 0 Å². The molecule has 0 aromatic heterocycles. The Kier molecular flexibility index (Phi) is 1.66. The first-order chi connectivity index (χ1) is 5.79. The lowest BCUT2D eigenvalue weighted by Crippen LogP contribution is -2.20. The van der Waals surface area contributed by atoms with Crippen molar-refractivity contribution in [2.75, 3.05) is 0 Å². The zero-order valence-electron chi connectivity index (χ0n) is 6.25. The normalized spacial score (nSPS) is 14.6. The second kappa shape index (κ2) is 2.68. The van der Waals surface area contributed by atoms with E-state index in [9.17, 15) is 0 Å². The summed E-state index contributed by atoms with van der Waals surface area (Å²) in [5, 5.41) is 4.26. The number of amidine groups is 1. The van der Waals surface area contributed by atoms with Crippen LogP contribution in [-0.4, -0.2) is 5.84 Å². The molecule has 2 N–H and O–H groups in total. The third-order valence-electron chi connectivity index (χ3n) is 1.74. The molecule has 1 aromatic carbocycles. The molecule has 0 unspecified atom stereocenters. The molecule has 1 aliphatic heterocycles. The number of rotatable bonds is 0. The van der Waals surface area contributed by atoms with Crippen LogP contribution in [0.25, 0.3) is 0 Å². The van der Waals surface area contributed by atoms with E-state index >= 15 is 0 Å². The van der Waals surface area contributed by atoms with E-state index in [1.807, 2.05) is 12.1 Å². The molecular formula is C8H7ClN2O. The highest BCUT2D eigenvalue weighted by Crippen LogP contribution is 2.23. The molecule has 4 heteroatoms. The van der Waals surface area contributed by atoms with Crippen LogP contribution in [0.15, 0.2) is 23.4 Å². The van der Waals surface area contributed by atoms with E-state index in [1.165, 1.54) is 0 Å². The van der Waals surface area contributed by atoms with Gasteiger partial charge in [0.25, 0.3) is 0 Å². The van der Waals surface area contributed by atoms with Crippen molar-refractivity contribution in [2.24, 2.45) is 10.9 Å². The highest BCUT2D eigenvalue weighted by molar-refractivity contribution is 6.34. The zero-order valence-corrected chi connectivity index (χ0v) is 7.01. The maximum atomic E-state index is 5.92. The Bertz CT molecular complexity index is 349. The summed E-state index contributed by atoms with van der Waals surface area (Å²) in [7, 11) is 0. The fourth-order valence-electron chi connectivity index (χ4n) is 1.19. The SMILES string of the molecule is NC1=NOCc2cccc(Cl)c21. The first-order valence-electron chi connectivity index (χ1n) is 3.52. The van der Waals surface area contributed by atoms with Crippen LogP contribution >= 0.6 is 11.6 Å². The smallest absolute Gasteiger partial charge is 0.172 e. The van der Waals surface area contributed by atoms with Gasteiger partial charge in [0.05, 0.1) is 5.02 Å². The van der Waals surface area contributed by atoms with Gasteiger partial charge in [-0.2, -0.15) is 0 Å². The van der Waals surface area contributed by atoms with Crippen LogP contribution < -0.4 is 5.73 Å². The minimum atomic E-state index is 0.349. The van der Waals surface area contributed by atoms with E-state index < -0.39 is 0 Å². The highest BCUT2D eigenvalue weighted by Gasteiger charge is 2.15. The summed E-state index contributed by atoms with van der Waals surface area (Å²) in [4.78, 5) is 4.87. The maximum absolute atomic E-state index is 5.92. The second-order valence-corrected chi connectivity index (χ2v) is 2.93. The van der Waals surface area contributed by atoms with Gasteiger partial charge in [-0.1, -0.05) is 28.9 Å². The quantitative estimate of drug-likeness (QED) is 0.661. The number of halogens is 1. The summed E-state index contributed by atoms with van der Waals surface area (Å²) in [5.41, 5.74) is 7.37. The van der Waals surface area contributed by atoms with Crippen molar-refractivity contribution >= 4 is 17.4 Å². The van der Waals surface area contributed by atoms with Crippen LogP contribution in [0.5, 0.6) is 0 Å². The molecule has 0 saturated carbocycles. The predicted molar refractivity (Wildman–Crippen MR) is 47.0 cm³/mol. The summed E-state index contributed by atoms with van der Waals surface area (Å²) in [5.74, 6) is 0.349. The first kappa shape index (κ1) is 7.43. The lowest BCUT2D eigenvalue weighted by Gasteiger charge is -2.14. The Balaban J connectivity index is 2.64. The molecule has 0 aliphatic carbocycles. The Morgan fingerprint density at radius 1 is 1.50 bits per heavy atom. The molecule has 0 radical (unpaired) electrons. The van der Waals surface area contributed by atoms with Crippen molar-refractivity contribution in [1.29, 1.82) is 0 Å². The third-order valence-corrected chi connectivity index (χ3v) is 2.05. The van der Waals surface area contributed by atoms with Crippen molar-refractivity contribution in [3.8, 4) is 0 Å². The van der Waals surface area contributed by atoms with E-state index in [4.69, 9.17) is 22.2 Å². The number of hydrogen-bond donors (Lipinski definition) is 1. The van der Waals surface area contributed by atoms with Crippen molar-refractivity contribution in [2.45, 2.75) is 6.61 Å². The Labute approximate surface area is 74.8 Å². The summed E-state index contributed by atoms with van der Waals surface area (Å²) >= 11 is 5.92. The van der Waals surface area contributed by atoms with Gasteiger partial charge in [-0.25, -0.2) is 0 Å². The summed E-state index contributed by atoms with van der Waals surface area (Å²) in [6.07, 6.45) is 0. The number of benzene rings is 1. The topological polar surface area (TPSA) is 47.6 Å². The summed E-state index contributed by atoms with van der Waals surface area (Å²) in [6.45, 7) is 0.441. The Hall–Kier alpha value is -1.22. The largest absolute Gasteiger partial charge is 0.389 e. The van der Waals surface area contributed by atoms with Crippen molar-refractivity contribution in [3.05, 3.63) is 34.3 Å². The molecule has 62 valence electrons. The summed E-state index contributed by atoms with van der Waals surface area (Å²) < 4.78 is 0. The van der Waals surface area contributed by atoms with Crippen LogP contribution in [0.1, 0.15) is 11.1 Å². The highest BCUT2D eigenvalue weighted by atomic mass is 35.5. The van der Waals surface area contributed by atoms with Gasteiger partial charge in [-0.05, 0) is 6.07 Å². The molecule has 0 spiro atoms.